The van der Waals surface area contributed by atoms with Crippen LogP contribution in [0.25, 0.3) is 0 Å². The van der Waals surface area contributed by atoms with Crippen molar-refractivity contribution in [2.24, 2.45) is 5.92 Å². The van der Waals surface area contributed by atoms with Gasteiger partial charge in [0.1, 0.15) is 17.7 Å². The fraction of sp³-hybridized carbons (Fsp3) is 0.385. The number of carbonyl (C=O) groups excluding carboxylic acids is 1. The average molecular weight is 296 g/mol. The van der Waals surface area contributed by atoms with Crippen LogP contribution in [-0.4, -0.2) is 31.6 Å². The Morgan fingerprint density at radius 2 is 2.15 bits per heavy atom. The normalized spacial score (nSPS) is 20.6. The smallest absolute Gasteiger partial charge is 0.243 e. The maximum Gasteiger partial charge on any atom is 0.243 e. The number of nitrogens with zero attached hydrogens (tertiary/aromatic N) is 2. The second kappa shape index (κ2) is 5.31. The van der Waals surface area contributed by atoms with E-state index in [1.165, 1.54) is 4.31 Å². The number of hydrogen-bond donors (Lipinski definition) is 0. The molecule has 1 saturated heterocycles. The molecule has 5 nitrogen and oxygen atoms in total. The third-order valence-corrected chi connectivity index (χ3v) is 5.19. The molecule has 1 aliphatic heterocycles. The van der Waals surface area contributed by atoms with E-state index in [4.69, 9.17) is 5.26 Å². The maximum absolute atomic E-state index is 13.2. The maximum atomic E-state index is 13.2. The zero-order valence-corrected chi connectivity index (χ0v) is 11.7. The molecule has 0 N–H and O–H groups in total. The van der Waals surface area contributed by atoms with E-state index in [9.17, 15) is 17.6 Å². The molecule has 0 bridgehead atoms. The highest BCUT2D eigenvalue weighted by Crippen LogP contribution is 2.23. The number of halogens is 1. The van der Waals surface area contributed by atoms with Gasteiger partial charge in [-0.05, 0) is 18.2 Å². The highest BCUT2D eigenvalue weighted by atomic mass is 32.2. The van der Waals surface area contributed by atoms with Gasteiger partial charge in [0, 0.05) is 25.4 Å². The fourth-order valence-corrected chi connectivity index (χ4v) is 3.65. The van der Waals surface area contributed by atoms with E-state index in [2.05, 4.69) is 0 Å². The van der Waals surface area contributed by atoms with E-state index in [1.54, 1.807) is 13.0 Å². The number of hydrogen-bond acceptors (Lipinski definition) is 4. The number of nitriles is 1. The van der Waals surface area contributed by atoms with Gasteiger partial charge in [0.2, 0.25) is 10.0 Å². The van der Waals surface area contributed by atoms with Crippen LogP contribution in [-0.2, 0) is 14.8 Å². The molecule has 0 amide bonds. The number of sulfonamides is 1. The summed E-state index contributed by atoms with van der Waals surface area (Å²) in [6.45, 7) is 1.90. The minimum atomic E-state index is -3.80. The van der Waals surface area contributed by atoms with Crippen molar-refractivity contribution in [2.75, 3.05) is 13.1 Å². The van der Waals surface area contributed by atoms with Gasteiger partial charge in [0.15, 0.2) is 0 Å². The lowest BCUT2D eigenvalue weighted by Gasteiger charge is -2.29. The largest absolute Gasteiger partial charge is 0.299 e. The van der Waals surface area contributed by atoms with Gasteiger partial charge >= 0.3 is 0 Å². The quantitative estimate of drug-likeness (QED) is 0.824. The van der Waals surface area contributed by atoms with E-state index in [1.807, 2.05) is 0 Å². The number of rotatable bonds is 2. The predicted octanol–water partition coefficient (Wildman–Crippen LogP) is 1.30. The summed E-state index contributed by atoms with van der Waals surface area (Å²) in [5.41, 5.74) is -0.313. The Balaban J connectivity index is 2.36. The summed E-state index contributed by atoms with van der Waals surface area (Å²) in [5, 5.41) is 8.75. The summed E-state index contributed by atoms with van der Waals surface area (Å²) in [6, 6.07) is 4.73. The van der Waals surface area contributed by atoms with E-state index in [0.29, 0.717) is 0 Å². The number of Topliss-reactive ketones (excluding diaryl/α,β-unsaturated/α-hetero) is 1. The SMILES string of the molecule is CC1CN(S(=O)(=O)c2ccc(F)c(C#N)c2)CCC1=O. The van der Waals surface area contributed by atoms with Gasteiger partial charge in [-0.15, -0.1) is 0 Å². The second-order valence-electron chi connectivity index (χ2n) is 4.73. The summed E-state index contributed by atoms with van der Waals surface area (Å²) in [7, 11) is -3.80. The van der Waals surface area contributed by atoms with E-state index in [0.717, 1.165) is 18.2 Å². The number of ketones is 1. The standard InChI is InChI=1S/C13H13FN2O3S/c1-9-8-16(5-4-13(9)17)20(18,19)11-2-3-12(14)10(6-11)7-15/h2-3,6,9H,4-5,8H2,1H3. The summed E-state index contributed by atoms with van der Waals surface area (Å²) in [6.07, 6.45) is 0.173. The van der Waals surface area contributed by atoms with E-state index >= 15 is 0 Å². The van der Waals surface area contributed by atoms with Crippen LogP contribution < -0.4 is 0 Å². The van der Waals surface area contributed by atoms with Crippen LogP contribution in [0.4, 0.5) is 4.39 Å². The van der Waals surface area contributed by atoms with Gasteiger partial charge in [-0.3, -0.25) is 4.79 Å². The molecule has 0 saturated carbocycles. The van der Waals surface area contributed by atoms with Crippen molar-refractivity contribution >= 4 is 15.8 Å². The summed E-state index contributed by atoms with van der Waals surface area (Å²) in [5.74, 6) is -1.07. The number of piperidine rings is 1. The lowest BCUT2D eigenvalue weighted by molar-refractivity contribution is -0.124. The van der Waals surface area contributed by atoms with Crippen molar-refractivity contribution in [3.05, 3.63) is 29.6 Å². The van der Waals surface area contributed by atoms with Gasteiger partial charge in [-0.1, -0.05) is 6.92 Å². The van der Waals surface area contributed by atoms with Crippen molar-refractivity contribution in [1.29, 1.82) is 5.26 Å². The molecule has 0 aliphatic carbocycles. The van der Waals surface area contributed by atoms with Crippen LogP contribution in [0.3, 0.4) is 0 Å². The van der Waals surface area contributed by atoms with Crippen molar-refractivity contribution in [2.45, 2.75) is 18.2 Å². The van der Waals surface area contributed by atoms with E-state index in [-0.39, 0.29) is 41.7 Å². The first-order valence-electron chi connectivity index (χ1n) is 6.09. The third-order valence-electron chi connectivity index (χ3n) is 3.33. The lowest BCUT2D eigenvalue weighted by Crippen LogP contribution is -2.43. The van der Waals surface area contributed by atoms with Crippen LogP contribution in [0.1, 0.15) is 18.9 Å². The first-order valence-corrected chi connectivity index (χ1v) is 7.53. The molecule has 1 fully saturated rings. The number of benzene rings is 1. The summed E-state index contributed by atoms with van der Waals surface area (Å²) < 4.78 is 39.2. The molecule has 1 unspecified atom stereocenters. The van der Waals surface area contributed by atoms with Crippen LogP contribution in [0.2, 0.25) is 0 Å². The topological polar surface area (TPSA) is 78.2 Å². The minimum Gasteiger partial charge on any atom is -0.299 e. The van der Waals surface area contributed by atoms with Crippen molar-refractivity contribution in [1.82, 2.24) is 4.31 Å². The Morgan fingerprint density at radius 3 is 2.75 bits per heavy atom. The van der Waals surface area contributed by atoms with Gasteiger partial charge in [0.25, 0.3) is 0 Å². The molecule has 1 aromatic rings. The van der Waals surface area contributed by atoms with Crippen molar-refractivity contribution < 1.29 is 17.6 Å². The lowest BCUT2D eigenvalue weighted by atomic mass is 10.0. The number of carbonyl (C=O) groups is 1. The molecular weight excluding hydrogens is 283 g/mol. The highest BCUT2D eigenvalue weighted by molar-refractivity contribution is 7.89. The predicted molar refractivity (Wildman–Crippen MR) is 68.7 cm³/mol. The van der Waals surface area contributed by atoms with Gasteiger partial charge < -0.3 is 0 Å². The van der Waals surface area contributed by atoms with Crippen LogP contribution in [0.5, 0.6) is 0 Å². The summed E-state index contributed by atoms with van der Waals surface area (Å²) >= 11 is 0. The Morgan fingerprint density at radius 1 is 1.45 bits per heavy atom. The van der Waals surface area contributed by atoms with Gasteiger partial charge in [-0.25, -0.2) is 12.8 Å². The molecule has 7 heteroatoms. The second-order valence-corrected chi connectivity index (χ2v) is 6.67. The highest BCUT2D eigenvalue weighted by Gasteiger charge is 2.32. The molecule has 1 heterocycles. The summed E-state index contributed by atoms with van der Waals surface area (Å²) in [4.78, 5) is 11.3. The van der Waals surface area contributed by atoms with Crippen LogP contribution in [0.15, 0.2) is 23.1 Å². The molecule has 20 heavy (non-hydrogen) atoms. The van der Waals surface area contributed by atoms with Crippen LogP contribution in [0, 0.1) is 23.1 Å². The molecule has 1 atom stereocenters. The van der Waals surface area contributed by atoms with Gasteiger partial charge in [-0.2, -0.15) is 9.57 Å². The molecule has 0 radical (unpaired) electrons. The molecule has 2 rings (SSSR count). The Hall–Kier alpha value is -1.78. The van der Waals surface area contributed by atoms with E-state index < -0.39 is 15.8 Å². The Labute approximate surface area is 116 Å². The average Bonchev–Trinajstić information content (AvgIpc) is 2.42. The van der Waals surface area contributed by atoms with Crippen molar-refractivity contribution in [3.63, 3.8) is 0 Å². The molecule has 0 aromatic heterocycles. The molecule has 0 spiro atoms. The molecule has 106 valence electrons. The monoisotopic (exact) mass is 296 g/mol. The molecule has 1 aliphatic rings. The molecule has 1 aromatic carbocycles. The molecular formula is C13H13FN2O3S. The zero-order chi connectivity index (χ0) is 14.9. The third kappa shape index (κ3) is 2.57. The van der Waals surface area contributed by atoms with Crippen molar-refractivity contribution in [3.8, 4) is 6.07 Å². The Bertz CT molecular complexity index is 694. The van der Waals surface area contributed by atoms with Crippen LogP contribution >= 0.6 is 0 Å². The fourth-order valence-electron chi connectivity index (χ4n) is 2.10. The first-order chi connectivity index (χ1) is 9.36. The Kier molecular flexibility index (Phi) is 3.88. The first kappa shape index (κ1) is 14.6. The minimum absolute atomic E-state index is 0.0354. The van der Waals surface area contributed by atoms with Gasteiger partial charge in [0.05, 0.1) is 10.5 Å². The zero-order valence-electron chi connectivity index (χ0n) is 10.8.